The number of amides is 1. The van der Waals surface area contributed by atoms with Crippen molar-refractivity contribution in [1.29, 1.82) is 0 Å². The molecular formula is C19H27NO3. The summed E-state index contributed by atoms with van der Waals surface area (Å²) in [6.07, 6.45) is 10.3. The number of nitrogens with one attached hydrogen (secondary N) is 1. The fourth-order valence-electron chi connectivity index (χ4n) is 3.17. The maximum absolute atomic E-state index is 12.2. The molecule has 1 aromatic rings. The van der Waals surface area contributed by atoms with Crippen molar-refractivity contribution in [2.45, 2.75) is 51.5 Å². The average molecular weight is 317 g/mol. The quantitative estimate of drug-likeness (QED) is 0.788. The number of benzene rings is 1. The zero-order valence-electron chi connectivity index (χ0n) is 14.0. The highest BCUT2D eigenvalue weighted by atomic mass is 16.5. The van der Waals surface area contributed by atoms with Crippen LogP contribution in [0.2, 0.25) is 0 Å². The lowest BCUT2D eigenvalue weighted by Gasteiger charge is -2.28. The van der Waals surface area contributed by atoms with E-state index in [4.69, 9.17) is 4.74 Å². The first kappa shape index (κ1) is 17.4. The van der Waals surface area contributed by atoms with Gasteiger partial charge in [-0.2, -0.15) is 0 Å². The van der Waals surface area contributed by atoms with Gasteiger partial charge in [0.25, 0.3) is 0 Å². The number of ether oxygens (including phenoxy) is 1. The zero-order valence-corrected chi connectivity index (χ0v) is 14.0. The molecule has 23 heavy (non-hydrogen) atoms. The molecule has 0 heterocycles. The molecular weight excluding hydrogens is 290 g/mol. The minimum atomic E-state index is 0.0367. The minimum absolute atomic E-state index is 0.0367. The van der Waals surface area contributed by atoms with E-state index in [9.17, 15) is 9.90 Å². The highest BCUT2D eigenvalue weighted by Crippen LogP contribution is 2.28. The summed E-state index contributed by atoms with van der Waals surface area (Å²) in [5.41, 5.74) is 0.846. The molecule has 1 aliphatic rings. The first-order valence-corrected chi connectivity index (χ1v) is 8.38. The normalized spacial score (nSPS) is 21.3. The number of carbonyl (C=O) groups is 1. The SMILES string of the molecule is C/C=C\CC1CCC(NC(=O)Cc2ccc(O)c(OC)c2)CC1. The minimum Gasteiger partial charge on any atom is -0.504 e. The molecule has 4 heteroatoms. The summed E-state index contributed by atoms with van der Waals surface area (Å²) in [5.74, 6) is 1.30. The molecule has 2 N–H and O–H groups in total. The summed E-state index contributed by atoms with van der Waals surface area (Å²) in [6.45, 7) is 2.06. The van der Waals surface area contributed by atoms with Gasteiger partial charge in [0, 0.05) is 6.04 Å². The molecule has 0 spiro atoms. The highest BCUT2D eigenvalue weighted by Gasteiger charge is 2.21. The van der Waals surface area contributed by atoms with Crippen molar-refractivity contribution in [3.8, 4) is 11.5 Å². The van der Waals surface area contributed by atoms with Gasteiger partial charge >= 0.3 is 0 Å². The first-order valence-electron chi connectivity index (χ1n) is 8.38. The van der Waals surface area contributed by atoms with Crippen LogP contribution in [0.4, 0.5) is 0 Å². The van der Waals surface area contributed by atoms with E-state index >= 15 is 0 Å². The Bertz CT molecular complexity index is 546. The van der Waals surface area contributed by atoms with Crippen LogP contribution in [-0.2, 0) is 11.2 Å². The Hall–Kier alpha value is -1.97. The Morgan fingerprint density at radius 1 is 1.35 bits per heavy atom. The summed E-state index contributed by atoms with van der Waals surface area (Å²) >= 11 is 0. The number of hydrogen-bond donors (Lipinski definition) is 2. The largest absolute Gasteiger partial charge is 0.504 e. The van der Waals surface area contributed by atoms with Crippen molar-refractivity contribution in [2.24, 2.45) is 5.92 Å². The summed E-state index contributed by atoms with van der Waals surface area (Å²) in [7, 11) is 1.51. The van der Waals surface area contributed by atoms with Crippen molar-refractivity contribution >= 4 is 5.91 Å². The summed E-state index contributed by atoms with van der Waals surface area (Å²) < 4.78 is 5.07. The Labute approximate surface area is 138 Å². The summed E-state index contributed by atoms with van der Waals surface area (Å²) in [5, 5.41) is 12.7. The molecule has 4 nitrogen and oxygen atoms in total. The average Bonchev–Trinajstić information content (AvgIpc) is 2.56. The molecule has 0 saturated heterocycles. The number of allylic oxidation sites excluding steroid dienone is 2. The standard InChI is InChI=1S/C19H27NO3/c1-3-4-5-14-6-9-16(10-7-14)20-19(22)13-15-8-11-17(21)18(12-15)23-2/h3-4,8,11-12,14,16,21H,5-7,9-10,13H2,1-2H3,(H,20,22)/b4-3-. The van der Waals surface area contributed by atoms with Crippen LogP contribution in [0.15, 0.2) is 30.4 Å². The van der Waals surface area contributed by atoms with Crippen LogP contribution in [0.25, 0.3) is 0 Å². The fraction of sp³-hybridized carbons (Fsp3) is 0.526. The van der Waals surface area contributed by atoms with Crippen LogP contribution >= 0.6 is 0 Å². The lowest BCUT2D eigenvalue weighted by molar-refractivity contribution is -0.121. The molecule has 0 unspecified atom stereocenters. The second-order valence-corrected chi connectivity index (χ2v) is 6.27. The topological polar surface area (TPSA) is 58.6 Å². The van der Waals surface area contributed by atoms with Crippen molar-refractivity contribution in [2.75, 3.05) is 7.11 Å². The van der Waals surface area contributed by atoms with E-state index in [-0.39, 0.29) is 11.7 Å². The van der Waals surface area contributed by atoms with E-state index in [1.165, 1.54) is 20.0 Å². The van der Waals surface area contributed by atoms with Gasteiger partial charge in [-0.1, -0.05) is 18.2 Å². The van der Waals surface area contributed by atoms with Gasteiger partial charge < -0.3 is 15.2 Å². The maximum atomic E-state index is 12.2. The number of methoxy groups -OCH3 is 1. The molecule has 1 aromatic carbocycles. The first-order chi connectivity index (χ1) is 11.1. The van der Waals surface area contributed by atoms with Crippen LogP contribution in [0.5, 0.6) is 11.5 Å². The number of carbonyl (C=O) groups excluding carboxylic acids is 1. The van der Waals surface area contributed by atoms with Crippen LogP contribution < -0.4 is 10.1 Å². The highest BCUT2D eigenvalue weighted by molar-refractivity contribution is 5.79. The molecule has 0 bridgehead atoms. The van der Waals surface area contributed by atoms with Gasteiger partial charge in [0.15, 0.2) is 11.5 Å². The molecule has 0 aromatic heterocycles. The van der Waals surface area contributed by atoms with Gasteiger partial charge in [-0.25, -0.2) is 0 Å². The maximum Gasteiger partial charge on any atom is 0.224 e. The number of rotatable bonds is 6. The zero-order chi connectivity index (χ0) is 16.7. The third kappa shape index (κ3) is 5.31. The Balaban J connectivity index is 1.79. The Kier molecular flexibility index (Phi) is 6.51. The van der Waals surface area contributed by atoms with Crippen molar-refractivity contribution in [3.63, 3.8) is 0 Å². The third-order valence-corrected chi connectivity index (χ3v) is 4.53. The molecule has 0 aliphatic heterocycles. The number of phenols is 1. The number of aromatic hydroxyl groups is 1. The molecule has 1 amide bonds. The number of hydrogen-bond acceptors (Lipinski definition) is 3. The van der Waals surface area contributed by atoms with E-state index in [1.54, 1.807) is 18.2 Å². The molecule has 126 valence electrons. The van der Waals surface area contributed by atoms with Gasteiger partial charge in [0.1, 0.15) is 0 Å². The predicted molar refractivity (Wildman–Crippen MR) is 91.7 cm³/mol. The lowest BCUT2D eigenvalue weighted by atomic mass is 9.84. The van der Waals surface area contributed by atoms with Crippen LogP contribution in [0, 0.1) is 5.92 Å². The molecule has 0 radical (unpaired) electrons. The lowest BCUT2D eigenvalue weighted by Crippen LogP contribution is -2.38. The smallest absolute Gasteiger partial charge is 0.224 e. The second-order valence-electron chi connectivity index (χ2n) is 6.27. The third-order valence-electron chi connectivity index (χ3n) is 4.53. The van der Waals surface area contributed by atoms with Crippen LogP contribution in [0.3, 0.4) is 0 Å². The van der Waals surface area contributed by atoms with Crippen LogP contribution in [0.1, 0.15) is 44.6 Å². The fourth-order valence-corrected chi connectivity index (χ4v) is 3.17. The Morgan fingerprint density at radius 3 is 2.74 bits per heavy atom. The monoisotopic (exact) mass is 317 g/mol. The predicted octanol–water partition coefficient (Wildman–Crippen LogP) is 3.58. The molecule has 1 aliphatic carbocycles. The molecule has 2 rings (SSSR count). The second kappa shape index (κ2) is 8.61. The van der Waals surface area contributed by atoms with Gasteiger partial charge in [-0.15, -0.1) is 0 Å². The summed E-state index contributed by atoms with van der Waals surface area (Å²) in [6, 6.07) is 5.32. The molecule has 0 atom stereocenters. The van der Waals surface area contributed by atoms with Gasteiger partial charge in [-0.3, -0.25) is 4.79 Å². The van der Waals surface area contributed by atoms with Crippen molar-refractivity contribution in [1.82, 2.24) is 5.32 Å². The molecule has 1 saturated carbocycles. The summed E-state index contributed by atoms with van der Waals surface area (Å²) in [4.78, 5) is 12.2. The van der Waals surface area contributed by atoms with E-state index in [0.717, 1.165) is 30.7 Å². The van der Waals surface area contributed by atoms with Crippen molar-refractivity contribution < 1.29 is 14.6 Å². The van der Waals surface area contributed by atoms with E-state index in [1.807, 2.05) is 0 Å². The number of phenolic OH excluding ortho intramolecular Hbond substituents is 1. The Morgan fingerprint density at radius 2 is 2.09 bits per heavy atom. The van der Waals surface area contributed by atoms with Crippen LogP contribution in [-0.4, -0.2) is 24.2 Å². The van der Waals surface area contributed by atoms with E-state index in [2.05, 4.69) is 24.4 Å². The van der Waals surface area contributed by atoms with Gasteiger partial charge in [0.05, 0.1) is 13.5 Å². The van der Waals surface area contributed by atoms with E-state index < -0.39 is 0 Å². The van der Waals surface area contributed by atoms with Gasteiger partial charge in [0.2, 0.25) is 5.91 Å². The molecule has 1 fully saturated rings. The van der Waals surface area contributed by atoms with Gasteiger partial charge in [-0.05, 0) is 62.6 Å². The van der Waals surface area contributed by atoms with E-state index in [0.29, 0.717) is 18.2 Å². The van der Waals surface area contributed by atoms with Crippen molar-refractivity contribution in [3.05, 3.63) is 35.9 Å².